The minimum Gasteiger partial charge on any atom is -0.493 e. The summed E-state index contributed by atoms with van der Waals surface area (Å²) < 4.78 is 12.3. The van der Waals surface area contributed by atoms with Gasteiger partial charge in [-0.3, -0.25) is 4.68 Å². The highest BCUT2D eigenvalue weighted by atomic mass is 127. The number of hydrogen-bond acceptors (Lipinski definition) is 4. The molecule has 8 heteroatoms. The van der Waals surface area contributed by atoms with Gasteiger partial charge in [-0.25, -0.2) is 4.99 Å². The minimum atomic E-state index is 0. The van der Waals surface area contributed by atoms with Crippen LogP contribution in [0.3, 0.4) is 0 Å². The van der Waals surface area contributed by atoms with E-state index >= 15 is 0 Å². The van der Waals surface area contributed by atoms with E-state index in [2.05, 4.69) is 27.5 Å². The van der Waals surface area contributed by atoms with Crippen LogP contribution >= 0.6 is 24.0 Å². The lowest BCUT2D eigenvalue weighted by molar-refractivity contribution is 0.355. The Labute approximate surface area is 181 Å². The molecule has 0 amide bonds. The van der Waals surface area contributed by atoms with Crippen molar-refractivity contribution in [2.45, 2.75) is 6.54 Å². The van der Waals surface area contributed by atoms with E-state index in [0.29, 0.717) is 24.0 Å². The summed E-state index contributed by atoms with van der Waals surface area (Å²) in [4.78, 5) is 4.42. The third kappa shape index (κ3) is 5.38. The minimum absolute atomic E-state index is 0. The van der Waals surface area contributed by atoms with Gasteiger partial charge in [0.2, 0.25) is 0 Å². The molecule has 1 aromatic heterocycles. The van der Waals surface area contributed by atoms with Gasteiger partial charge in [-0.15, -0.1) is 24.0 Å². The maximum Gasteiger partial charge on any atom is 0.193 e. The second-order valence-electron chi connectivity index (χ2n) is 6.00. The molecule has 0 unspecified atom stereocenters. The predicted octanol–water partition coefficient (Wildman–Crippen LogP) is 3.65. The molecule has 0 aliphatic rings. The van der Waals surface area contributed by atoms with Gasteiger partial charge in [0, 0.05) is 30.6 Å². The Morgan fingerprint density at radius 1 is 1.11 bits per heavy atom. The van der Waals surface area contributed by atoms with Crippen LogP contribution in [-0.2, 0) is 13.6 Å². The number of aryl methyl sites for hydroxylation is 1. The molecule has 0 aliphatic carbocycles. The third-order valence-corrected chi connectivity index (χ3v) is 4.05. The van der Waals surface area contributed by atoms with E-state index in [1.54, 1.807) is 18.9 Å². The number of rotatable bonds is 6. The van der Waals surface area contributed by atoms with Crippen LogP contribution in [0.4, 0.5) is 5.69 Å². The van der Waals surface area contributed by atoms with Crippen molar-refractivity contribution in [2.75, 3.05) is 19.5 Å². The van der Waals surface area contributed by atoms with Crippen molar-refractivity contribution < 1.29 is 9.47 Å². The first-order valence-electron chi connectivity index (χ1n) is 8.46. The van der Waals surface area contributed by atoms with E-state index in [1.807, 2.05) is 49.8 Å². The summed E-state index contributed by atoms with van der Waals surface area (Å²) in [6.45, 7) is 0.472. The van der Waals surface area contributed by atoms with Crippen LogP contribution in [0, 0.1) is 0 Å². The first kappa shape index (κ1) is 21.5. The number of nitrogens with one attached hydrogen (secondary N) is 1. The summed E-state index contributed by atoms with van der Waals surface area (Å²) in [5, 5.41) is 7.28. The molecular weight excluding hydrogens is 469 g/mol. The molecular formula is C20H24IN5O2. The fourth-order valence-corrected chi connectivity index (χ4v) is 2.70. The molecule has 0 saturated carbocycles. The van der Waals surface area contributed by atoms with E-state index < -0.39 is 0 Å². The molecule has 0 saturated heterocycles. The average Bonchev–Trinajstić information content (AvgIpc) is 3.13. The Hall–Kier alpha value is -2.75. The molecule has 0 aliphatic heterocycles. The summed E-state index contributed by atoms with van der Waals surface area (Å²) in [6, 6.07) is 13.6. The topological polar surface area (TPSA) is 86.7 Å². The molecule has 3 aromatic rings. The molecule has 0 radical (unpaired) electrons. The second kappa shape index (κ2) is 9.98. The quantitative estimate of drug-likeness (QED) is 0.311. The Kier molecular flexibility index (Phi) is 7.68. The van der Waals surface area contributed by atoms with Crippen LogP contribution in [0.15, 0.2) is 59.9 Å². The van der Waals surface area contributed by atoms with Gasteiger partial charge < -0.3 is 20.5 Å². The van der Waals surface area contributed by atoms with Crippen LogP contribution in [0.5, 0.6) is 11.5 Å². The van der Waals surface area contributed by atoms with Gasteiger partial charge in [0.1, 0.15) is 0 Å². The normalized spacial score (nSPS) is 10.9. The standard InChI is InChI=1S/C20H23N5O2.HI/c1-25-13-16(12-23-25)15-6-4-5-14(9-15)11-22-20(21)24-17-7-8-18(26-2)19(10-17)27-3;/h4-10,12-13H,11H2,1-3H3,(H3,21,22,24);1H. The Balaban J connectivity index is 0.00000280. The molecule has 1 heterocycles. The van der Waals surface area contributed by atoms with Gasteiger partial charge in [0.15, 0.2) is 17.5 Å². The van der Waals surface area contributed by atoms with Gasteiger partial charge in [-0.2, -0.15) is 5.10 Å². The Morgan fingerprint density at radius 2 is 1.89 bits per heavy atom. The van der Waals surface area contributed by atoms with Crippen LogP contribution in [-0.4, -0.2) is 30.0 Å². The number of aliphatic imine (C=N–C) groups is 1. The summed E-state index contributed by atoms with van der Waals surface area (Å²) in [6.07, 6.45) is 3.82. The highest BCUT2D eigenvalue weighted by Gasteiger charge is 2.05. The van der Waals surface area contributed by atoms with E-state index in [-0.39, 0.29) is 24.0 Å². The highest BCUT2D eigenvalue weighted by molar-refractivity contribution is 14.0. The number of guanidine groups is 1. The summed E-state index contributed by atoms with van der Waals surface area (Å²) in [7, 11) is 5.09. The average molecular weight is 493 g/mol. The number of nitrogens with two attached hydrogens (primary N) is 1. The molecule has 0 atom stereocenters. The SMILES string of the molecule is COc1ccc(NC(N)=NCc2cccc(-c3cnn(C)c3)c2)cc1OC.I. The molecule has 7 nitrogen and oxygen atoms in total. The second-order valence-corrected chi connectivity index (χ2v) is 6.00. The third-order valence-electron chi connectivity index (χ3n) is 4.05. The van der Waals surface area contributed by atoms with E-state index in [9.17, 15) is 0 Å². The Morgan fingerprint density at radius 3 is 2.57 bits per heavy atom. The molecule has 0 fully saturated rings. The van der Waals surface area contributed by atoms with Gasteiger partial charge in [0.25, 0.3) is 0 Å². The van der Waals surface area contributed by atoms with Gasteiger partial charge in [-0.05, 0) is 29.3 Å². The Bertz CT molecular complexity index is 955. The van der Waals surface area contributed by atoms with Crippen molar-refractivity contribution in [3.8, 4) is 22.6 Å². The molecule has 3 N–H and O–H groups in total. The zero-order valence-electron chi connectivity index (χ0n) is 16.0. The van der Waals surface area contributed by atoms with Gasteiger partial charge in [0.05, 0.1) is 27.0 Å². The van der Waals surface area contributed by atoms with Crippen LogP contribution < -0.4 is 20.5 Å². The zero-order chi connectivity index (χ0) is 19.2. The number of aromatic nitrogens is 2. The van der Waals surface area contributed by atoms with E-state index in [1.165, 1.54) is 0 Å². The lowest BCUT2D eigenvalue weighted by Gasteiger charge is -2.11. The van der Waals surface area contributed by atoms with E-state index in [0.717, 1.165) is 22.4 Å². The fourth-order valence-electron chi connectivity index (χ4n) is 2.70. The summed E-state index contributed by atoms with van der Waals surface area (Å²) in [5.41, 5.74) is 10.0. The van der Waals surface area contributed by atoms with Gasteiger partial charge in [-0.1, -0.05) is 18.2 Å². The van der Waals surface area contributed by atoms with Crippen LogP contribution in [0.2, 0.25) is 0 Å². The highest BCUT2D eigenvalue weighted by Crippen LogP contribution is 2.29. The number of methoxy groups -OCH3 is 2. The summed E-state index contributed by atoms with van der Waals surface area (Å²) in [5.74, 6) is 1.61. The monoisotopic (exact) mass is 493 g/mol. The molecule has 0 spiro atoms. The van der Waals surface area contributed by atoms with Crippen LogP contribution in [0.1, 0.15) is 5.56 Å². The summed E-state index contributed by atoms with van der Waals surface area (Å²) >= 11 is 0. The van der Waals surface area contributed by atoms with Crippen molar-refractivity contribution >= 4 is 35.6 Å². The maximum atomic E-state index is 6.02. The number of halogens is 1. The fraction of sp³-hybridized carbons (Fsp3) is 0.200. The molecule has 2 aromatic carbocycles. The lowest BCUT2D eigenvalue weighted by Crippen LogP contribution is -2.22. The first-order valence-corrected chi connectivity index (χ1v) is 8.46. The molecule has 0 bridgehead atoms. The molecule has 148 valence electrons. The maximum absolute atomic E-state index is 6.02. The van der Waals surface area contributed by atoms with Crippen molar-refractivity contribution in [1.82, 2.24) is 9.78 Å². The largest absolute Gasteiger partial charge is 0.493 e. The zero-order valence-corrected chi connectivity index (χ0v) is 18.4. The first-order chi connectivity index (χ1) is 13.1. The number of anilines is 1. The van der Waals surface area contributed by atoms with E-state index in [4.69, 9.17) is 15.2 Å². The van der Waals surface area contributed by atoms with Crippen LogP contribution in [0.25, 0.3) is 11.1 Å². The smallest absolute Gasteiger partial charge is 0.193 e. The van der Waals surface area contributed by atoms with Crippen molar-refractivity contribution in [1.29, 1.82) is 0 Å². The van der Waals surface area contributed by atoms with Crippen molar-refractivity contribution in [3.05, 3.63) is 60.4 Å². The number of hydrogen-bond donors (Lipinski definition) is 2. The molecule has 28 heavy (non-hydrogen) atoms. The predicted molar refractivity (Wildman–Crippen MR) is 123 cm³/mol. The molecule has 3 rings (SSSR count). The lowest BCUT2D eigenvalue weighted by atomic mass is 10.1. The van der Waals surface area contributed by atoms with Crippen molar-refractivity contribution in [3.63, 3.8) is 0 Å². The number of nitrogens with zero attached hydrogens (tertiary/aromatic N) is 3. The number of benzene rings is 2. The van der Waals surface area contributed by atoms with Gasteiger partial charge >= 0.3 is 0 Å². The van der Waals surface area contributed by atoms with Crippen molar-refractivity contribution in [2.24, 2.45) is 17.8 Å². The number of ether oxygens (including phenoxy) is 2.